The first-order valence-corrected chi connectivity index (χ1v) is 5.80. The molecule has 1 unspecified atom stereocenters. The van der Waals surface area contributed by atoms with E-state index in [0.29, 0.717) is 5.02 Å². The number of anilines is 1. The zero-order valence-electron chi connectivity index (χ0n) is 9.52. The van der Waals surface area contributed by atoms with E-state index >= 15 is 0 Å². The maximum atomic E-state index is 10.3. The number of rotatable bonds is 3. The van der Waals surface area contributed by atoms with E-state index in [4.69, 9.17) is 11.6 Å². The van der Waals surface area contributed by atoms with Gasteiger partial charge in [-0.25, -0.2) is 0 Å². The van der Waals surface area contributed by atoms with E-state index in [-0.39, 0.29) is 0 Å². The fourth-order valence-corrected chi connectivity index (χ4v) is 1.97. The van der Waals surface area contributed by atoms with Crippen LogP contribution in [0.25, 0.3) is 0 Å². The Morgan fingerprint density at radius 3 is 2.47 bits per heavy atom. The van der Waals surface area contributed by atoms with Gasteiger partial charge >= 0.3 is 0 Å². The largest absolute Gasteiger partial charge is 0.388 e. The molecule has 2 aromatic rings. The van der Waals surface area contributed by atoms with Crippen LogP contribution in [0.3, 0.4) is 0 Å². The normalized spacial score (nSPS) is 12.2. The van der Waals surface area contributed by atoms with Crippen molar-refractivity contribution in [1.29, 1.82) is 0 Å². The second-order valence-electron chi connectivity index (χ2n) is 3.79. The lowest BCUT2D eigenvalue weighted by Gasteiger charge is -2.16. The van der Waals surface area contributed by atoms with Crippen LogP contribution in [0.4, 0.5) is 5.69 Å². The molecule has 2 rings (SSSR count). The molecule has 0 saturated heterocycles. The second kappa shape index (κ2) is 5.21. The summed E-state index contributed by atoms with van der Waals surface area (Å²) in [4.78, 5) is 0. The highest BCUT2D eigenvalue weighted by molar-refractivity contribution is 6.30. The smallest absolute Gasteiger partial charge is 0.106 e. The molecule has 3 heteroatoms. The molecule has 17 heavy (non-hydrogen) atoms. The van der Waals surface area contributed by atoms with Crippen molar-refractivity contribution in [3.63, 3.8) is 0 Å². The van der Waals surface area contributed by atoms with Gasteiger partial charge in [0, 0.05) is 23.3 Å². The molecule has 0 fully saturated rings. The highest BCUT2D eigenvalue weighted by Gasteiger charge is 2.13. The zero-order chi connectivity index (χ0) is 12.3. The van der Waals surface area contributed by atoms with Crippen LogP contribution in [0.1, 0.15) is 17.2 Å². The first-order chi connectivity index (χ1) is 8.22. The standard InChI is InChI=1S/C14H14ClNO/c1-16-13-9-11(15)7-8-12(13)14(17)10-5-3-2-4-6-10/h2-9,14,16-17H,1H3. The van der Waals surface area contributed by atoms with E-state index in [1.54, 1.807) is 6.07 Å². The molecule has 2 aromatic carbocycles. The number of hydrogen-bond donors (Lipinski definition) is 2. The molecule has 0 aliphatic rings. The van der Waals surface area contributed by atoms with Crippen LogP contribution in [0.15, 0.2) is 48.5 Å². The van der Waals surface area contributed by atoms with Gasteiger partial charge in [-0.1, -0.05) is 48.0 Å². The third kappa shape index (κ3) is 2.60. The predicted octanol–water partition coefficient (Wildman–Crippen LogP) is 3.46. The maximum absolute atomic E-state index is 10.3. The molecule has 88 valence electrons. The molecule has 0 spiro atoms. The summed E-state index contributed by atoms with van der Waals surface area (Å²) in [7, 11) is 1.81. The number of nitrogens with one attached hydrogen (secondary N) is 1. The van der Waals surface area contributed by atoms with Crippen LogP contribution in [-0.4, -0.2) is 12.2 Å². The molecule has 2 nitrogen and oxygen atoms in total. The van der Waals surface area contributed by atoms with Crippen molar-refractivity contribution in [1.82, 2.24) is 0 Å². The third-order valence-electron chi connectivity index (χ3n) is 2.69. The van der Waals surface area contributed by atoms with E-state index in [1.165, 1.54) is 0 Å². The molecular formula is C14H14ClNO. The summed E-state index contributed by atoms with van der Waals surface area (Å²) >= 11 is 5.92. The average molecular weight is 248 g/mol. The summed E-state index contributed by atoms with van der Waals surface area (Å²) < 4.78 is 0. The van der Waals surface area contributed by atoms with Crippen molar-refractivity contribution in [3.8, 4) is 0 Å². The van der Waals surface area contributed by atoms with Gasteiger partial charge in [0.25, 0.3) is 0 Å². The fraction of sp³-hybridized carbons (Fsp3) is 0.143. The minimum Gasteiger partial charge on any atom is -0.388 e. The van der Waals surface area contributed by atoms with Crippen molar-refractivity contribution < 1.29 is 5.11 Å². The van der Waals surface area contributed by atoms with Gasteiger partial charge in [-0.3, -0.25) is 0 Å². The molecule has 0 aliphatic carbocycles. The van der Waals surface area contributed by atoms with Crippen LogP contribution in [-0.2, 0) is 0 Å². The summed E-state index contributed by atoms with van der Waals surface area (Å²) in [6, 6.07) is 15.0. The summed E-state index contributed by atoms with van der Waals surface area (Å²) in [5, 5.41) is 14.0. The summed E-state index contributed by atoms with van der Waals surface area (Å²) in [5.41, 5.74) is 2.53. The van der Waals surface area contributed by atoms with E-state index in [2.05, 4.69) is 5.32 Å². The van der Waals surface area contributed by atoms with Crippen LogP contribution in [0, 0.1) is 0 Å². The van der Waals surface area contributed by atoms with Gasteiger partial charge in [-0.2, -0.15) is 0 Å². The Kier molecular flexibility index (Phi) is 3.67. The Morgan fingerprint density at radius 2 is 1.82 bits per heavy atom. The van der Waals surface area contributed by atoms with E-state index in [9.17, 15) is 5.11 Å². The Morgan fingerprint density at radius 1 is 1.12 bits per heavy atom. The van der Waals surface area contributed by atoms with E-state index in [1.807, 2.05) is 49.5 Å². The topological polar surface area (TPSA) is 32.3 Å². The van der Waals surface area contributed by atoms with Crippen molar-refractivity contribution in [3.05, 3.63) is 64.7 Å². The number of benzene rings is 2. The van der Waals surface area contributed by atoms with Crippen molar-refractivity contribution in [2.24, 2.45) is 0 Å². The lowest BCUT2D eigenvalue weighted by atomic mass is 10.00. The first-order valence-electron chi connectivity index (χ1n) is 5.42. The first kappa shape index (κ1) is 12.0. The monoisotopic (exact) mass is 247 g/mol. The minimum absolute atomic E-state index is 0.643. The Bertz CT molecular complexity index is 499. The molecule has 0 aliphatic heterocycles. The SMILES string of the molecule is CNc1cc(Cl)ccc1C(O)c1ccccc1. The lowest BCUT2D eigenvalue weighted by molar-refractivity contribution is 0.221. The molecule has 0 radical (unpaired) electrons. The number of halogens is 1. The lowest BCUT2D eigenvalue weighted by Crippen LogP contribution is -2.03. The molecule has 0 amide bonds. The zero-order valence-corrected chi connectivity index (χ0v) is 10.3. The Labute approximate surface area is 106 Å². The summed E-state index contributed by atoms with van der Waals surface area (Å²) in [6.45, 7) is 0. The number of aliphatic hydroxyl groups excluding tert-OH is 1. The van der Waals surface area contributed by atoms with Crippen molar-refractivity contribution in [2.75, 3.05) is 12.4 Å². The van der Waals surface area contributed by atoms with Crippen LogP contribution in [0.2, 0.25) is 5.02 Å². The summed E-state index contributed by atoms with van der Waals surface area (Å²) in [5.74, 6) is 0. The van der Waals surface area contributed by atoms with Gasteiger partial charge < -0.3 is 10.4 Å². The van der Waals surface area contributed by atoms with Crippen molar-refractivity contribution in [2.45, 2.75) is 6.10 Å². The van der Waals surface area contributed by atoms with E-state index in [0.717, 1.165) is 16.8 Å². The van der Waals surface area contributed by atoms with Gasteiger partial charge in [-0.15, -0.1) is 0 Å². The number of hydrogen-bond acceptors (Lipinski definition) is 2. The Balaban J connectivity index is 2.40. The van der Waals surface area contributed by atoms with Crippen LogP contribution >= 0.6 is 11.6 Å². The molecular weight excluding hydrogens is 234 g/mol. The molecule has 1 atom stereocenters. The molecule has 0 saturated carbocycles. The highest BCUT2D eigenvalue weighted by Crippen LogP contribution is 2.30. The minimum atomic E-state index is -0.643. The molecule has 2 N–H and O–H groups in total. The van der Waals surface area contributed by atoms with Gasteiger partial charge in [0.1, 0.15) is 6.10 Å². The summed E-state index contributed by atoms with van der Waals surface area (Å²) in [6.07, 6.45) is -0.643. The third-order valence-corrected chi connectivity index (χ3v) is 2.93. The predicted molar refractivity (Wildman–Crippen MR) is 71.5 cm³/mol. The number of aliphatic hydroxyl groups is 1. The molecule has 0 heterocycles. The average Bonchev–Trinajstić information content (AvgIpc) is 2.39. The van der Waals surface area contributed by atoms with E-state index < -0.39 is 6.10 Å². The van der Waals surface area contributed by atoms with Gasteiger partial charge in [0.2, 0.25) is 0 Å². The molecule has 0 aromatic heterocycles. The van der Waals surface area contributed by atoms with Crippen LogP contribution < -0.4 is 5.32 Å². The van der Waals surface area contributed by atoms with Gasteiger partial charge in [0.15, 0.2) is 0 Å². The second-order valence-corrected chi connectivity index (χ2v) is 4.23. The van der Waals surface area contributed by atoms with Gasteiger partial charge in [-0.05, 0) is 17.7 Å². The quantitative estimate of drug-likeness (QED) is 0.871. The van der Waals surface area contributed by atoms with Gasteiger partial charge in [0.05, 0.1) is 0 Å². The fourth-order valence-electron chi connectivity index (χ4n) is 1.80. The van der Waals surface area contributed by atoms with Crippen LogP contribution in [0.5, 0.6) is 0 Å². The Hall–Kier alpha value is -1.51. The maximum Gasteiger partial charge on any atom is 0.106 e. The molecule has 0 bridgehead atoms. The van der Waals surface area contributed by atoms with Crippen molar-refractivity contribution >= 4 is 17.3 Å². The highest BCUT2D eigenvalue weighted by atomic mass is 35.5.